The molecular weight excluding hydrogens is 326 g/mol. The third-order valence-corrected chi connectivity index (χ3v) is 4.95. The third-order valence-electron chi connectivity index (χ3n) is 4.63. The Bertz CT molecular complexity index is 557. The number of nitrogens with zero attached hydrogens (tertiary/aromatic N) is 1. The van der Waals surface area contributed by atoms with Gasteiger partial charge in [0.05, 0.1) is 23.4 Å². The van der Waals surface area contributed by atoms with Gasteiger partial charge in [-0.3, -0.25) is 4.79 Å². The molecule has 1 fully saturated rings. The number of nitrogens with one attached hydrogen (secondary N) is 1. The lowest BCUT2D eigenvalue weighted by atomic mass is 9.99. The van der Waals surface area contributed by atoms with Crippen molar-refractivity contribution in [3.05, 3.63) is 22.7 Å². The number of unbranched alkanes of at least 4 members (excludes halogenated alkanes) is 1. The summed E-state index contributed by atoms with van der Waals surface area (Å²) in [4.78, 5) is 14.8. The van der Waals surface area contributed by atoms with Gasteiger partial charge in [0.2, 0.25) is 0 Å². The van der Waals surface area contributed by atoms with E-state index in [1.165, 1.54) is 33.0 Å². The van der Waals surface area contributed by atoms with E-state index in [1.54, 1.807) is 12.1 Å². The molecule has 1 saturated heterocycles. The first kappa shape index (κ1) is 18.9. The van der Waals surface area contributed by atoms with Gasteiger partial charge in [-0.15, -0.1) is 0 Å². The number of methoxy groups -OCH3 is 1. The molecule has 1 aromatic carbocycles. The second-order valence-electron chi connectivity index (χ2n) is 6.56. The molecular formula is C18H28ClN3O2. The Labute approximate surface area is 149 Å². The normalized spacial score (nSPS) is 16.1. The van der Waals surface area contributed by atoms with Gasteiger partial charge in [0.15, 0.2) is 0 Å². The molecule has 1 heterocycles. The molecule has 0 bridgehead atoms. The number of nitrogen functional groups attached to an aromatic ring is 1. The smallest absolute Gasteiger partial charge is 0.255 e. The Balaban J connectivity index is 1.72. The highest BCUT2D eigenvalue weighted by Gasteiger charge is 2.16. The number of rotatable bonds is 7. The Hall–Kier alpha value is -1.46. The summed E-state index contributed by atoms with van der Waals surface area (Å²) in [6.07, 6.45) is 4.65. The predicted molar refractivity (Wildman–Crippen MR) is 98.8 cm³/mol. The topological polar surface area (TPSA) is 67.6 Å². The van der Waals surface area contributed by atoms with Gasteiger partial charge in [-0.05, 0) is 57.3 Å². The standard InChI is InChI=1S/C18H28ClN3O2/c1-13-5-9-22(10-6-13)8-4-3-7-21-18(23)14-11-15(19)16(20)12-17(14)24-2/h11-13H,3-10,20H2,1-2H3,(H,21,23). The van der Waals surface area contributed by atoms with Crippen molar-refractivity contribution >= 4 is 23.2 Å². The van der Waals surface area contributed by atoms with E-state index in [1.807, 2.05) is 0 Å². The molecule has 2 rings (SSSR count). The van der Waals surface area contributed by atoms with E-state index in [0.717, 1.165) is 25.3 Å². The highest BCUT2D eigenvalue weighted by molar-refractivity contribution is 6.33. The first-order chi connectivity index (χ1) is 11.5. The number of hydrogen-bond acceptors (Lipinski definition) is 4. The van der Waals surface area contributed by atoms with Crippen molar-refractivity contribution in [3.63, 3.8) is 0 Å². The second kappa shape index (κ2) is 9.14. The maximum Gasteiger partial charge on any atom is 0.255 e. The van der Waals surface area contributed by atoms with Gasteiger partial charge in [0, 0.05) is 12.6 Å². The number of halogens is 1. The van der Waals surface area contributed by atoms with Gasteiger partial charge in [-0.25, -0.2) is 0 Å². The van der Waals surface area contributed by atoms with Crippen molar-refractivity contribution in [3.8, 4) is 5.75 Å². The van der Waals surface area contributed by atoms with Crippen LogP contribution in [0.4, 0.5) is 5.69 Å². The predicted octanol–water partition coefficient (Wildman–Crippen LogP) is 3.17. The van der Waals surface area contributed by atoms with Crippen LogP contribution < -0.4 is 15.8 Å². The molecule has 0 aromatic heterocycles. The van der Waals surface area contributed by atoms with Crippen molar-refractivity contribution in [1.29, 1.82) is 0 Å². The number of ether oxygens (including phenoxy) is 1. The molecule has 1 aliphatic heterocycles. The quantitative estimate of drug-likeness (QED) is 0.583. The molecule has 1 amide bonds. The van der Waals surface area contributed by atoms with Crippen molar-refractivity contribution < 1.29 is 9.53 Å². The summed E-state index contributed by atoms with van der Waals surface area (Å²) >= 11 is 6.00. The monoisotopic (exact) mass is 353 g/mol. The maximum atomic E-state index is 12.3. The van der Waals surface area contributed by atoms with Crippen LogP contribution in [0.5, 0.6) is 5.75 Å². The summed E-state index contributed by atoms with van der Waals surface area (Å²) in [5, 5.41) is 3.29. The van der Waals surface area contributed by atoms with E-state index < -0.39 is 0 Å². The second-order valence-corrected chi connectivity index (χ2v) is 6.97. The lowest BCUT2D eigenvalue weighted by Crippen LogP contribution is -2.34. The highest BCUT2D eigenvalue weighted by atomic mass is 35.5. The Morgan fingerprint density at radius 2 is 2.08 bits per heavy atom. The fourth-order valence-electron chi connectivity index (χ4n) is 2.96. The van der Waals surface area contributed by atoms with Crippen LogP contribution in [0.15, 0.2) is 12.1 Å². The lowest BCUT2D eigenvalue weighted by molar-refractivity contribution is 0.0949. The van der Waals surface area contributed by atoms with Crippen molar-refractivity contribution in [2.45, 2.75) is 32.6 Å². The van der Waals surface area contributed by atoms with E-state index in [-0.39, 0.29) is 5.91 Å². The van der Waals surface area contributed by atoms with Gasteiger partial charge in [0.25, 0.3) is 5.91 Å². The SMILES string of the molecule is COc1cc(N)c(Cl)cc1C(=O)NCCCCN1CCC(C)CC1. The van der Waals surface area contributed by atoms with Crippen LogP contribution in [-0.4, -0.2) is 44.1 Å². The number of nitrogens with two attached hydrogens (primary N) is 1. The molecule has 0 spiro atoms. The van der Waals surface area contributed by atoms with Crippen LogP contribution in [0, 0.1) is 5.92 Å². The molecule has 0 aliphatic carbocycles. The number of anilines is 1. The van der Waals surface area contributed by atoms with Gasteiger partial charge in [-0.2, -0.15) is 0 Å². The molecule has 0 atom stereocenters. The van der Waals surface area contributed by atoms with Crippen LogP contribution in [0.1, 0.15) is 43.0 Å². The van der Waals surface area contributed by atoms with Gasteiger partial charge >= 0.3 is 0 Å². The van der Waals surface area contributed by atoms with Crippen LogP contribution in [0.25, 0.3) is 0 Å². The minimum Gasteiger partial charge on any atom is -0.496 e. The highest BCUT2D eigenvalue weighted by Crippen LogP contribution is 2.28. The first-order valence-corrected chi connectivity index (χ1v) is 9.02. The summed E-state index contributed by atoms with van der Waals surface area (Å²) in [5.41, 5.74) is 6.56. The fraction of sp³-hybridized carbons (Fsp3) is 0.611. The molecule has 6 heteroatoms. The summed E-state index contributed by atoms with van der Waals surface area (Å²) in [5.74, 6) is 1.12. The average Bonchev–Trinajstić information content (AvgIpc) is 2.58. The molecule has 24 heavy (non-hydrogen) atoms. The molecule has 1 aliphatic rings. The van der Waals surface area contributed by atoms with E-state index in [0.29, 0.717) is 28.6 Å². The Kier molecular flexibility index (Phi) is 7.18. The number of benzene rings is 1. The Morgan fingerprint density at radius 1 is 1.38 bits per heavy atom. The average molecular weight is 354 g/mol. The summed E-state index contributed by atoms with van der Waals surface area (Å²) < 4.78 is 5.21. The molecule has 3 N–H and O–H groups in total. The molecule has 0 saturated carbocycles. The minimum atomic E-state index is -0.180. The summed E-state index contributed by atoms with van der Waals surface area (Å²) in [6, 6.07) is 3.13. The van der Waals surface area contributed by atoms with Gasteiger partial charge in [-0.1, -0.05) is 18.5 Å². The van der Waals surface area contributed by atoms with Crippen molar-refractivity contribution in [2.24, 2.45) is 5.92 Å². The lowest BCUT2D eigenvalue weighted by Gasteiger charge is -2.30. The number of carbonyl (C=O) groups excluding carboxylic acids is 1. The van der Waals surface area contributed by atoms with Crippen LogP contribution >= 0.6 is 11.6 Å². The number of hydrogen-bond donors (Lipinski definition) is 2. The summed E-state index contributed by atoms with van der Waals surface area (Å²) in [6.45, 7) is 6.49. The number of carbonyl (C=O) groups is 1. The maximum absolute atomic E-state index is 12.3. The van der Waals surface area contributed by atoms with Gasteiger partial charge < -0.3 is 20.7 Å². The van der Waals surface area contributed by atoms with E-state index >= 15 is 0 Å². The van der Waals surface area contributed by atoms with Gasteiger partial charge in [0.1, 0.15) is 5.75 Å². The number of piperidine rings is 1. The number of likely N-dealkylation sites (tertiary alicyclic amines) is 1. The third kappa shape index (κ3) is 5.28. The van der Waals surface area contributed by atoms with Crippen molar-refractivity contribution in [2.75, 3.05) is 39.0 Å². The molecule has 5 nitrogen and oxygen atoms in total. The molecule has 1 aromatic rings. The van der Waals surface area contributed by atoms with Crippen molar-refractivity contribution in [1.82, 2.24) is 10.2 Å². The molecule has 0 unspecified atom stereocenters. The number of amides is 1. The van der Waals surface area contributed by atoms with Crippen LogP contribution in [0.2, 0.25) is 5.02 Å². The zero-order valence-electron chi connectivity index (χ0n) is 14.6. The summed E-state index contributed by atoms with van der Waals surface area (Å²) in [7, 11) is 1.51. The van der Waals surface area contributed by atoms with E-state index in [4.69, 9.17) is 22.1 Å². The minimum absolute atomic E-state index is 0.180. The largest absolute Gasteiger partial charge is 0.496 e. The zero-order valence-corrected chi connectivity index (χ0v) is 15.4. The Morgan fingerprint density at radius 3 is 2.75 bits per heavy atom. The van der Waals surface area contributed by atoms with E-state index in [9.17, 15) is 4.79 Å². The molecule has 134 valence electrons. The van der Waals surface area contributed by atoms with Crippen LogP contribution in [0.3, 0.4) is 0 Å². The zero-order chi connectivity index (χ0) is 17.5. The molecule has 0 radical (unpaired) electrons. The van der Waals surface area contributed by atoms with Crippen LogP contribution in [-0.2, 0) is 0 Å². The van der Waals surface area contributed by atoms with E-state index in [2.05, 4.69) is 17.1 Å². The fourth-order valence-corrected chi connectivity index (χ4v) is 3.12. The first-order valence-electron chi connectivity index (χ1n) is 8.64.